The minimum atomic E-state index is 0.720. The Morgan fingerprint density at radius 1 is 0.875 bits per heavy atom. The molecule has 4 aromatic rings. The molecule has 0 spiro atoms. The van der Waals surface area contributed by atoms with E-state index in [9.17, 15) is 0 Å². The van der Waals surface area contributed by atoms with Gasteiger partial charge in [-0.3, -0.25) is 4.68 Å². The maximum atomic E-state index is 5.89. The second-order valence-electron chi connectivity index (χ2n) is 5.44. The predicted octanol–water partition coefficient (Wildman–Crippen LogP) is 5.45. The standard InChI is InChI=1S/C20H16N2OS/c1-2-7-17(8-3-1)23-18-9-4-6-16(14-18)15-22-12-11-19(21-22)20-10-5-13-24-20/h1-14H,15H2. The Morgan fingerprint density at radius 3 is 2.58 bits per heavy atom. The molecular formula is C20H16N2OS. The lowest BCUT2D eigenvalue weighted by Crippen LogP contribution is -2.00. The molecule has 3 nitrogen and oxygen atoms in total. The summed E-state index contributed by atoms with van der Waals surface area (Å²) in [6.07, 6.45) is 2.01. The van der Waals surface area contributed by atoms with E-state index in [1.54, 1.807) is 11.3 Å². The monoisotopic (exact) mass is 332 g/mol. The van der Waals surface area contributed by atoms with Crippen molar-refractivity contribution < 1.29 is 4.74 Å². The van der Waals surface area contributed by atoms with Crippen LogP contribution in [0.5, 0.6) is 11.5 Å². The fourth-order valence-corrected chi connectivity index (χ4v) is 3.21. The molecule has 24 heavy (non-hydrogen) atoms. The Hall–Kier alpha value is -2.85. The summed E-state index contributed by atoms with van der Waals surface area (Å²) in [5, 5.41) is 6.72. The Balaban J connectivity index is 1.50. The number of nitrogens with zero attached hydrogens (tertiary/aromatic N) is 2. The molecule has 0 aliphatic heterocycles. The van der Waals surface area contributed by atoms with Crippen molar-refractivity contribution >= 4 is 11.3 Å². The van der Waals surface area contributed by atoms with Crippen LogP contribution in [0.1, 0.15) is 5.56 Å². The van der Waals surface area contributed by atoms with Crippen LogP contribution in [0, 0.1) is 0 Å². The van der Waals surface area contributed by atoms with E-state index < -0.39 is 0 Å². The topological polar surface area (TPSA) is 27.1 Å². The van der Waals surface area contributed by atoms with Crippen LogP contribution < -0.4 is 4.74 Å². The summed E-state index contributed by atoms with van der Waals surface area (Å²) in [6, 6.07) is 24.1. The van der Waals surface area contributed by atoms with Crippen molar-refractivity contribution in [3.05, 3.63) is 89.9 Å². The summed E-state index contributed by atoms with van der Waals surface area (Å²) in [4.78, 5) is 1.19. The lowest BCUT2D eigenvalue weighted by molar-refractivity contribution is 0.481. The molecule has 118 valence electrons. The number of aromatic nitrogens is 2. The number of ether oxygens (including phenoxy) is 1. The Labute approximate surface area is 144 Å². The van der Waals surface area contributed by atoms with Crippen molar-refractivity contribution in [3.63, 3.8) is 0 Å². The number of benzene rings is 2. The molecule has 2 aromatic carbocycles. The van der Waals surface area contributed by atoms with Gasteiger partial charge in [-0.2, -0.15) is 5.10 Å². The maximum absolute atomic E-state index is 5.89. The van der Waals surface area contributed by atoms with Crippen molar-refractivity contribution in [1.29, 1.82) is 0 Å². The van der Waals surface area contributed by atoms with Gasteiger partial charge >= 0.3 is 0 Å². The van der Waals surface area contributed by atoms with Gasteiger partial charge in [0.25, 0.3) is 0 Å². The van der Waals surface area contributed by atoms with E-state index in [0.29, 0.717) is 0 Å². The van der Waals surface area contributed by atoms with E-state index in [1.165, 1.54) is 4.88 Å². The van der Waals surface area contributed by atoms with E-state index in [2.05, 4.69) is 34.7 Å². The number of hydrogen-bond donors (Lipinski definition) is 0. The number of rotatable bonds is 5. The highest BCUT2D eigenvalue weighted by Crippen LogP contribution is 2.24. The van der Waals surface area contributed by atoms with Gasteiger partial charge in [-0.05, 0) is 47.3 Å². The first-order valence-electron chi connectivity index (χ1n) is 7.76. The van der Waals surface area contributed by atoms with Gasteiger partial charge in [0.2, 0.25) is 0 Å². The normalized spacial score (nSPS) is 10.7. The van der Waals surface area contributed by atoms with Crippen molar-refractivity contribution in [2.45, 2.75) is 6.54 Å². The number of para-hydroxylation sites is 1. The molecule has 0 atom stereocenters. The molecule has 0 aliphatic rings. The summed E-state index contributed by atoms with van der Waals surface area (Å²) in [5.41, 5.74) is 2.17. The van der Waals surface area contributed by atoms with Gasteiger partial charge in [0, 0.05) is 6.20 Å². The van der Waals surface area contributed by atoms with Crippen LogP contribution in [0.4, 0.5) is 0 Å². The van der Waals surface area contributed by atoms with Gasteiger partial charge in [-0.25, -0.2) is 0 Å². The molecule has 4 heteroatoms. The average molecular weight is 332 g/mol. The third-order valence-electron chi connectivity index (χ3n) is 3.64. The number of thiophene rings is 1. The van der Waals surface area contributed by atoms with Crippen molar-refractivity contribution in [1.82, 2.24) is 9.78 Å². The molecule has 0 aliphatic carbocycles. The van der Waals surface area contributed by atoms with Crippen LogP contribution in [0.25, 0.3) is 10.6 Å². The predicted molar refractivity (Wildman–Crippen MR) is 97.6 cm³/mol. The van der Waals surface area contributed by atoms with Gasteiger partial charge in [-0.1, -0.05) is 36.4 Å². The zero-order chi connectivity index (χ0) is 16.2. The second kappa shape index (κ2) is 6.72. The van der Waals surface area contributed by atoms with E-state index in [-0.39, 0.29) is 0 Å². The first-order chi connectivity index (χ1) is 11.9. The Kier molecular flexibility index (Phi) is 4.13. The van der Waals surface area contributed by atoms with Crippen LogP contribution in [-0.4, -0.2) is 9.78 Å². The number of hydrogen-bond acceptors (Lipinski definition) is 3. The van der Waals surface area contributed by atoms with Crippen LogP contribution >= 0.6 is 11.3 Å². The average Bonchev–Trinajstić information content (AvgIpc) is 3.27. The summed E-state index contributed by atoms with van der Waals surface area (Å²) in [7, 11) is 0. The maximum Gasteiger partial charge on any atom is 0.127 e. The molecule has 0 unspecified atom stereocenters. The first-order valence-corrected chi connectivity index (χ1v) is 8.64. The van der Waals surface area contributed by atoms with E-state index >= 15 is 0 Å². The van der Waals surface area contributed by atoms with Crippen LogP contribution in [0.2, 0.25) is 0 Å². The lowest BCUT2D eigenvalue weighted by Gasteiger charge is -2.08. The summed E-state index contributed by atoms with van der Waals surface area (Å²) in [5.74, 6) is 1.68. The Morgan fingerprint density at radius 2 is 1.75 bits per heavy atom. The van der Waals surface area contributed by atoms with Crippen LogP contribution in [0.3, 0.4) is 0 Å². The molecule has 0 N–H and O–H groups in total. The molecule has 2 heterocycles. The minimum Gasteiger partial charge on any atom is -0.457 e. The molecule has 0 amide bonds. The quantitative estimate of drug-likeness (QED) is 0.486. The van der Waals surface area contributed by atoms with Crippen LogP contribution in [0.15, 0.2) is 84.4 Å². The zero-order valence-corrected chi connectivity index (χ0v) is 13.8. The zero-order valence-electron chi connectivity index (χ0n) is 13.0. The molecule has 0 radical (unpaired) electrons. The molecule has 2 aromatic heterocycles. The van der Waals surface area contributed by atoms with Gasteiger partial charge in [0.1, 0.15) is 17.2 Å². The van der Waals surface area contributed by atoms with Crippen LogP contribution in [-0.2, 0) is 6.54 Å². The highest BCUT2D eigenvalue weighted by Gasteiger charge is 2.05. The summed E-state index contributed by atoms with van der Waals surface area (Å²) < 4.78 is 7.85. The largest absolute Gasteiger partial charge is 0.457 e. The highest BCUT2D eigenvalue weighted by molar-refractivity contribution is 7.13. The van der Waals surface area contributed by atoms with Crippen molar-refractivity contribution in [2.24, 2.45) is 0 Å². The highest BCUT2D eigenvalue weighted by atomic mass is 32.1. The first kappa shape index (κ1) is 14.7. The molecule has 0 saturated carbocycles. The molecule has 4 rings (SSSR count). The van der Waals surface area contributed by atoms with E-state index in [1.807, 2.05) is 59.4 Å². The fraction of sp³-hybridized carbons (Fsp3) is 0.0500. The third-order valence-corrected chi connectivity index (χ3v) is 4.53. The minimum absolute atomic E-state index is 0.720. The fourth-order valence-electron chi connectivity index (χ4n) is 2.52. The summed E-state index contributed by atoms with van der Waals surface area (Å²) in [6.45, 7) is 0.720. The lowest BCUT2D eigenvalue weighted by atomic mass is 10.2. The van der Waals surface area contributed by atoms with E-state index in [0.717, 1.165) is 29.3 Å². The summed E-state index contributed by atoms with van der Waals surface area (Å²) >= 11 is 1.70. The van der Waals surface area contributed by atoms with Gasteiger partial charge in [0.05, 0.1) is 11.4 Å². The van der Waals surface area contributed by atoms with E-state index in [4.69, 9.17) is 4.74 Å². The molecule has 0 fully saturated rings. The Bertz CT molecular complexity index is 914. The smallest absolute Gasteiger partial charge is 0.127 e. The van der Waals surface area contributed by atoms with Gasteiger partial charge in [0.15, 0.2) is 0 Å². The van der Waals surface area contributed by atoms with Crippen molar-refractivity contribution in [3.8, 4) is 22.1 Å². The molecule has 0 bridgehead atoms. The van der Waals surface area contributed by atoms with Gasteiger partial charge in [-0.15, -0.1) is 11.3 Å². The molecular weight excluding hydrogens is 316 g/mol. The van der Waals surface area contributed by atoms with Crippen molar-refractivity contribution in [2.75, 3.05) is 0 Å². The van der Waals surface area contributed by atoms with Gasteiger partial charge < -0.3 is 4.74 Å². The molecule has 0 saturated heterocycles. The third kappa shape index (κ3) is 3.39. The SMILES string of the molecule is c1ccc(Oc2cccc(Cn3ccc(-c4cccs4)n3)c2)cc1. The second-order valence-corrected chi connectivity index (χ2v) is 6.39.